The lowest BCUT2D eigenvalue weighted by Crippen LogP contribution is -2.45. The van der Waals surface area contributed by atoms with E-state index < -0.39 is 11.9 Å². The maximum atomic E-state index is 13.3. The zero-order chi connectivity index (χ0) is 18.2. The molecule has 2 N–H and O–H groups in total. The number of hydrogen-bond acceptors (Lipinski definition) is 6. The first-order valence-corrected chi connectivity index (χ1v) is 8.74. The molecule has 0 bridgehead atoms. The fourth-order valence-corrected chi connectivity index (χ4v) is 2.62. The van der Waals surface area contributed by atoms with Crippen molar-refractivity contribution in [1.29, 1.82) is 0 Å². The lowest BCUT2D eigenvalue weighted by Gasteiger charge is -2.13. The summed E-state index contributed by atoms with van der Waals surface area (Å²) in [6.07, 6.45) is 0.824. The SMILES string of the molecule is CCCNC(=O)C(C)NC(=O)CSc1nnnn1-c1cccc(F)c1. The fraction of sp³-hybridized carbons (Fsp3) is 0.400. The minimum Gasteiger partial charge on any atom is -0.354 e. The molecule has 0 radical (unpaired) electrons. The molecule has 0 fully saturated rings. The van der Waals surface area contributed by atoms with Gasteiger partial charge in [-0.05, 0) is 42.0 Å². The van der Waals surface area contributed by atoms with Crippen LogP contribution in [0.2, 0.25) is 0 Å². The second-order valence-corrected chi connectivity index (χ2v) is 6.16. The lowest BCUT2D eigenvalue weighted by atomic mass is 10.3. The topological polar surface area (TPSA) is 102 Å². The van der Waals surface area contributed by atoms with E-state index in [-0.39, 0.29) is 17.6 Å². The van der Waals surface area contributed by atoms with Gasteiger partial charge in [-0.1, -0.05) is 24.8 Å². The molecule has 2 aromatic rings. The number of amides is 2. The predicted octanol–water partition coefficient (Wildman–Crippen LogP) is 0.924. The normalized spacial score (nSPS) is 11.8. The van der Waals surface area contributed by atoms with Crippen LogP contribution in [0.15, 0.2) is 29.4 Å². The van der Waals surface area contributed by atoms with Crippen LogP contribution in [0.3, 0.4) is 0 Å². The van der Waals surface area contributed by atoms with Crippen molar-refractivity contribution < 1.29 is 14.0 Å². The number of hydrogen-bond donors (Lipinski definition) is 2. The van der Waals surface area contributed by atoms with Crippen LogP contribution in [-0.2, 0) is 9.59 Å². The minimum absolute atomic E-state index is 0.0289. The summed E-state index contributed by atoms with van der Waals surface area (Å²) in [7, 11) is 0. The molecule has 1 heterocycles. The molecular weight excluding hydrogens is 347 g/mol. The van der Waals surface area contributed by atoms with Gasteiger partial charge in [-0.15, -0.1) is 5.10 Å². The summed E-state index contributed by atoms with van der Waals surface area (Å²) in [6.45, 7) is 4.13. The van der Waals surface area contributed by atoms with Crippen molar-refractivity contribution in [2.45, 2.75) is 31.5 Å². The number of rotatable bonds is 8. The Bertz CT molecular complexity index is 738. The first kappa shape index (κ1) is 18.8. The van der Waals surface area contributed by atoms with Gasteiger partial charge in [0.25, 0.3) is 0 Å². The van der Waals surface area contributed by atoms with Crippen LogP contribution in [0, 0.1) is 5.82 Å². The van der Waals surface area contributed by atoms with Gasteiger partial charge in [0.05, 0.1) is 11.4 Å². The van der Waals surface area contributed by atoms with Gasteiger partial charge < -0.3 is 10.6 Å². The van der Waals surface area contributed by atoms with E-state index in [1.54, 1.807) is 19.1 Å². The third-order valence-corrected chi connectivity index (χ3v) is 4.07. The summed E-state index contributed by atoms with van der Waals surface area (Å²) in [5.74, 6) is -0.933. The molecule has 1 aromatic carbocycles. The summed E-state index contributed by atoms with van der Waals surface area (Å²) in [5.41, 5.74) is 0.459. The quantitative estimate of drug-likeness (QED) is 0.674. The molecule has 25 heavy (non-hydrogen) atoms. The van der Waals surface area contributed by atoms with Gasteiger partial charge in [-0.3, -0.25) is 9.59 Å². The molecule has 2 rings (SSSR count). The number of tetrazole rings is 1. The minimum atomic E-state index is -0.626. The van der Waals surface area contributed by atoms with Crippen LogP contribution >= 0.6 is 11.8 Å². The van der Waals surface area contributed by atoms with Crippen molar-refractivity contribution >= 4 is 23.6 Å². The van der Waals surface area contributed by atoms with E-state index in [9.17, 15) is 14.0 Å². The molecular formula is C15H19FN6O2S. The second-order valence-electron chi connectivity index (χ2n) is 5.22. The molecule has 0 aliphatic rings. The van der Waals surface area contributed by atoms with Crippen LogP contribution < -0.4 is 10.6 Å². The molecule has 8 nitrogen and oxygen atoms in total. The summed E-state index contributed by atoms with van der Waals surface area (Å²) in [5, 5.41) is 16.9. The van der Waals surface area contributed by atoms with E-state index in [2.05, 4.69) is 26.2 Å². The molecule has 1 aromatic heterocycles. The highest BCUT2D eigenvalue weighted by atomic mass is 32.2. The number of halogens is 1. The number of carbonyl (C=O) groups excluding carboxylic acids is 2. The zero-order valence-corrected chi connectivity index (χ0v) is 14.7. The standard InChI is InChI=1S/C15H19FN6O2S/c1-3-7-17-14(24)10(2)18-13(23)9-25-15-19-20-21-22(15)12-6-4-5-11(16)8-12/h4-6,8,10H,3,7,9H2,1-2H3,(H,17,24)(H,18,23). The van der Waals surface area contributed by atoms with E-state index >= 15 is 0 Å². The van der Waals surface area contributed by atoms with E-state index in [1.165, 1.54) is 16.8 Å². The largest absolute Gasteiger partial charge is 0.354 e. The monoisotopic (exact) mass is 366 g/mol. The molecule has 2 amide bonds. The van der Waals surface area contributed by atoms with Crippen molar-refractivity contribution in [1.82, 2.24) is 30.8 Å². The number of thioether (sulfide) groups is 1. The van der Waals surface area contributed by atoms with E-state index in [0.717, 1.165) is 18.2 Å². The van der Waals surface area contributed by atoms with Gasteiger partial charge in [-0.2, -0.15) is 4.68 Å². The van der Waals surface area contributed by atoms with E-state index in [0.29, 0.717) is 17.4 Å². The maximum Gasteiger partial charge on any atom is 0.242 e. The van der Waals surface area contributed by atoms with Crippen LogP contribution in [0.25, 0.3) is 5.69 Å². The summed E-state index contributed by atoms with van der Waals surface area (Å²) >= 11 is 1.09. The lowest BCUT2D eigenvalue weighted by molar-refractivity contribution is -0.127. The van der Waals surface area contributed by atoms with Crippen molar-refractivity contribution in [3.63, 3.8) is 0 Å². The first-order valence-electron chi connectivity index (χ1n) is 7.75. The second kappa shape index (κ2) is 9.11. The Morgan fingerprint density at radius 1 is 1.40 bits per heavy atom. The van der Waals surface area contributed by atoms with Gasteiger partial charge in [-0.25, -0.2) is 4.39 Å². The Morgan fingerprint density at radius 2 is 2.20 bits per heavy atom. The molecule has 1 atom stereocenters. The molecule has 1 unspecified atom stereocenters. The van der Waals surface area contributed by atoms with E-state index in [1.807, 2.05) is 6.92 Å². The summed E-state index contributed by atoms with van der Waals surface area (Å²) < 4.78 is 14.7. The third kappa shape index (κ3) is 5.52. The Balaban J connectivity index is 1.91. The van der Waals surface area contributed by atoms with Crippen LogP contribution in [0.5, 0.6) is 0 Å². The highest BCUT2D eigenvalue weighted by Crippen LogP contribution is 2.18. The van der Waals surface area contributed by atoms with Crippen LogP contribution in [-0.4, -0.2) is 50.4 Å². The maximum absolute atomic E-state index is 13.3. The van der Waals surface area contributed by atoms with Crippen LogP contribution in [0.1, 0.15) is 20.3 Å². The Morgan fingerprint density at radius 3 is 2.92 bits per heavy atom. The number of nitrogens with zero attached hydrogens (tertiary/aromatic N) is 4. The molecule has 0 saturated heterocycles. The fourth-order valence-electron chi connectivity index (χ4n) is 1.92. The smallest absolute Gasteiger partial charge is 0.242 e. The third-order valence-electron chi connectivity index (χ3n) is 3.15. The zero-order valence-electron chi connectivity index (χ0n) is 13.9. The van der Waals surface area contributed by atoms with Gasteiger partial charge in [0, 0.05) is 6.54 Å². The van der Waals surface area contributed by atoms with Crippen LogP contribution in [0.4, 0.5) is 4.39 Å². The predicted molar refractivity (Wildman–Crippen MR) is 90.7 cm³/mol. The molecule has 0 aliphatic carbocycles. The Labute approximate surface area is 148 Å². The number of carbonyl (C=O) groups is 2. The van der Waals surface area contributed by atoms with Gasteiger partial charge >= 0.3 is 0 Å². The first-order chi connectivity index (χ1) is 12.0. The Kier molecular flexibility index (Phi) is 6.87. The summed E-state index contributed by atoms with van der Waals surface area (Å²) in [4.78, 5) is 23.7. The van der Waals surface area contributed by atoms with E-state index in [4.69, 9.17) is 0 Å². The summed E-state index contributed by atoms with van der Waals surface area (Å²) in [6, 6.07) is 5.19. The van der Waals surface area contributed by atoms with Crippen molar-refractivity contribution in [2.75, 3.05) is 12.3 Å². The van der Waals surface area contributed by atoms with Gasteiger partial charge in [0.2, 0.25) is 17.0 Å². The Hall–Kier alpha value is -2.49. The highest BCUT2D eigenvalue weighted by molar-refractivity contribution is 7.99. The van der Waals surface area contributed by atoms with Crippen molar-refractivity contribution in [2.24, 2.45) is 0 Å². The van der Waals surface area contributed by atoms with Gasteiger partial charge in [0.1, 0.15) is 11.9 Å². The van der Waals surface area contributed by atoms with Crippen molar-refractivity contribution in [3.8, 4) is 5.69 Å². The van der Waals surface area contributed by atoms with Crippen molar-refractivity contribution in [3.05, 3.63) is 30.1 Å². The average Bonchev–Trinajstić information content (AvgIpc) is 3.06. The average molecular weight is 366 g/mol. The number of benzene rings is 1. The molecule has 0 aliphatic heterocycles. The molecule has 0 spiro atoms. The van der Waals surface area contributed by atoms with Gasteiger partial charge in [0.15, 0.2) is 0 Å². The molecule has 0 saturated carbocycles. The molecule has 134 valence electrons. The number of aromatic nitrogens is 4. The highest BCUT2D eigenvalue weighted by Gasteiger charge is 2.17. The number of nitrogens with one attached hydrogen (secondary N) is 2. The molecule has 10 heteroatoms.